The fourth-order valence-electron chi connectivity index (χ4n) is 3.34. The van der Waals surface area contributed by atoms with Gasteiger partial charge < -0.3 is 15.1 Å². The minimum atomic E-state index is -0.268. The van der Waals surface area contributed by atoms with Gasteiger partial charge in [0.25, 0.3) is 5.91 Å². The third kappa shape index (κ3) is 4.47. The summed E-state index contributed by atoms with van der Waals surface area (Å²) >= 11 is 0. The van der Waals surface area contributed by atoms with E-state index in [1.165, 1.54) is 19.1 Å². The van der Waals surface area contributed by atoms with Gasteiger partial charge in [-0.3, -0.25) is 9.59 Å². The molecule has 1 aliphatic heterocycles. The first-order valence-corrected chi connectivity index (χ1v) is 9.36. The Morgan fingerprint density at radius 1 is 1.25 bits per heavy atom. The molecular weight excluding hydrogens is 359 g/mol. The third-order valence-electron chi connectivity index (χ3n) is 5.24. The third-order valence-corrected chi connectivity index (χ3v) is 5.24. The summed E-state index contributed by atoms with van der Waals surface area (Å²) in [5, 5.41) is 3.25. The number of hydrogen-bond acceptors (Lipinski definition) is 4. The van der Waals surface area contributed by atoms with Gasteiger partial charge in [-0.2, -0.15) is 0 Å². The summed E-state index contributed by atoms with van der Waals surface area (Å²) in [6.45, 7) is 4.66. The molecule has 1 saturated heterocycles. The summed E-state index contributed by atoms with van der Waals surface area (Å²) in [5.41, 5.74) is 1.46. The van der Waals surface area contributed by atoms with Gasteiger partial charge in [0.15, 0.2) is 0 Å². The minimum Gasteiger partial charge on any atom is -0.364 e. The second-order valence-corrected chi connectivity index (χ2v) is 7.17. The molecule has 2 amide bonds. The zero-order valence-electron chi connectivity index (χ0n) is 16.4. The van der Waals surface area contributed by atoms with E-state index in [4.69, 9.17) is 0 Å². The highest BCUT2D eigenvalue weighted by Gasteiger charge is 2.30. The molecule has 28 heavy (non-hydrogen) atoms. The second-order valence-electron chi connectivity index (χ2n) is 7.17. The standard InChI is InChI=1S/C21H25FN4O2/c1-14(16-4-7-18(22)8-5-16)24-20-9-6-17(12-23-20)21(28)26-11-10-19(13-26)25(3)15(2)27/h4-9,12,14,19H,10-11,13H2,1-3H3,(H,23,24)/t14-,19-/m0/s1. The van der Waals surface area contributed by atoms with Gasteiger partial charge in [0.05, 0.1) is 11.6 Å². The van der Waals surface area contributed by atoms with Gasteiger partial charge in [-0.25, -0.2) is 9.37 Å². The monoisotopic (exact) mass is 384 g/mol. The van der Waals surface area contributed by atoms with E-state index in [1.54, 1.807) is 47.3 Å². The lowest BCUT2D eigenvalue weighted by molar-refractivity contribution is -0.129. The number of aromatic nitrogens is 1. The normalized spacial score (nSPS) is 17.3. The summed E-state index contributed by atoms with van der Waals surface area (Å²) in [6.07, 6.45) is 2.34. The summed E-state index contributed by atoms with van der Waals surface area (Å²) in [5.74, 6) is 0.302. The van der Waals surface area contributed by atoms with Crippen molar-refractivity contribution in [3.05, 3.63) is 59.5 Å². The minimum absolute atomic E-state index is 0.00617. The molecule has 1 N–H and O–H groups in total. The predicted octanol–water partition coefficient (Wildman–Crippen LogP) is 3.09. The van der Waals surface area contributed by atoms with Crippen LogP contribution in [0.4, 0.5) is 10.2 Å². The van der Waals surface area contributed by atoms with Crippen molar-refractivity contribution in [3.63, 3.8) is 0 Å². The highest BCUT2D eigenvalue weighted by atomic mass is 19.1. The van der Waals surface area contributed by atoms with Crippen molar-refractivity contribution in [2.75, 3.05) is 25.5 Å². The van der Waals surface area contributed by atoms with Gasteiger partial charge in [0.2, 0.25) is 5.91 Å². The Labute approximate surface area is 164 Å². The lowest BCUT2D eigenvalue weighted by Crippen LogP contribution is -2.38. The Balaban J connectivity index is 1.60. The molecule has 2 atom stereocenters. The van der Waals surface area contributed by atoms with Crippen molar-refractivity contribution in [1.29, 1.82) is 0 Å². The first-order valence-electron chi connectivity index (χ1n) is 9.36. The molecular formula is C21H25FN4O2. The smallest absolute Gasteiger partial charge is 0.255 e. The van der Waals surface area contributed by atoms with Gasteiger partial charge in [-0.05, 0) is 43.2 Å². The molecule has 2 aromatic rings. The number of likely N-dealkylation sites (N-methyl/N-ethyl adjacent to an activating group) is 1. The average molecular weight is 384 g/mol. The van der Waals surface area contributed by atoms with E-state index >= 15 is 0 Å². The van der Waals surface area contributed by atoms with Crippen molar-refractivity contribution in [1.82, 2.24) is 14.8 Å². The van der Waals surface area contributed by atoms with Crippen LogP contribution in [0.25, 0.3) is 0 Å². The van der Waals surface area contributed by atoms with Crippen LogP contribution in [-0.4, -0.2) is 52.8 Å². The maximum Gasteiger partial charge on any atom is 0.255 e. The highest BCUT2D eigenvalue weighted by Crippen LogP contribution is 2.20. The van der Waals surface area contributed by atoms with Crippen LogP contribution in [0.15, 0.2) is 42.6 Å². The molecule has 3 rings (SSSR count). The predicted molar refractivity (Wildman–Crippen MR) is 105 cm³/mol. The van der Waals surface area contributed by atoms with E-state index in [-0.39, 0.29) is 29.7 Å². The number of nitrogens with one attached hydrogen (secondary N) is 1. The van der Waals surface area contributed by atoms with Crippen LogP contribution < -0.4 is 5.32 Å². The number of anilines is 1. The fraction of sp³-hybridized carbons (Fsp3) is 0.381. The van der Waals surface area contributed by atoms with Crippen LogP contribution in [0.2, 0.25) is 0 Å². The SMILES string of the molecule is CC(=O)N(C)[C@H]1CCN(C(=O)c2ccc(N[C@@H](C)c3ccc(F)cc3)nc2)C1. The molecule has 148 valence electrons. The van der Waals surface area contributed by atoms with Gasteiger partial charge >= 0.3 is 0 Å². The Hall–Kier alpha value is -2.96. The molecule has 6 nitrogen and oxygen atoms in total. The molecule has 1 aromatic heterocycles. The molecule has 1 fully saturated rings. The summed E-state index contributed by atoms with van der Waals surface area (Å²) in [6, 6.07) is 9.84. The number of carbonyl (C=O) groups excluding carboxylic acids is 2. The number of likely N-dealkylation sites (tertiary alicyclic amines) is 1. The zero-order chi connectivity index (χ0) is 20.3. The van der Waals surface area contributed by atoms with Crippen molar-refractivity contribution >= 4 is 17.6 Å². The molecule has 1 aliphatic rings. The Bertz CT molecular complexity index is 838. The van der Waals surface area contributed by atoms with E-state index < -0.39 is 0 Å². The fourth-order valence-corrected chi connectivity index (χ4v) is 3.34. The van der Waals surface area contributed by atoms with E-state index in [9.17, 15) is 14.0 Å². The maximum atomic E-state index is 13.0. The van der Waals surface area contributed by atoms with Crippen LogP contribution in [0.1, 0.15) is 42.2 Å². The number of pyridine rings is 1. The van der Waals surface area contributed by atoms with Crippen molar-refractivity contribution in [2.45, 2.75) is 32.4 Å². The quantitative estimate of drug-likeness (QED) is 0.860. The van der Waals surface area contributed by atoms with Crippen LogP contribution in [0.3, 0.4) is 0 Å². The lowest BCUT2D eigenvalue weighted by Gasteiger charge is -2.23. The Morgan fingerprint density at radius 3 is 2.57 bits per heavy atom. The zero-order valence-corrected chi connectivity index (χ0v) is 16.4. The average Bonchev–Trinajstić information content (AvgIpc) is 3.18. The molecule has 7 heteroatoms. The van der Waals surface area contributed by atoms with Crippen LogP contribution >= 0.6 is 0 Å². The molecule has 1 aromatic carbocycles. The number of rotatable bonds is 5. The Kier molecular flexibility index (Phi) is 5.92. The number of amides is 2. The molecule has 2 heterocycles. The number of halogens is 1. The lowest BCUT2D eigenvalue weighted by atomic mass is 10.1. The summed E-state index contributed by atoms with van der Waals surface area (Å²) in [7, 11) is 1.77. The topological polar surface area (TPSA) is 65.5 Å². The first kappa shape index (κ1) is 19.8. The van der Waals surface area contributed by atoms with Gasteiger partial charge in [0, 0.05) is 39.3 Å². The first-order chi connectivity index (χ1) is 13.3. The molecule has 0 saturated carbocycles. The van der Waals surface area contributed by atoms with Gasteiger partial charge in [0.1, 0.15) is 11.6 Å². The van der Waals surface area contributed by atoms with Crippen LogP contribution in [0.5, 0.6) is 0 Å². The van der Waals surface area contributed by atoms with Crippen molar-refractivity contribution < 1.29 is 14.0 Å². The highest BCUT2D eigenvalue weighted by molar-refractivity contribution is 5.94. The van der Waals surface area contributed by atoms with Gasteiger partial charge in [-0.15, -0.1) is 0 Å². The number of carbonyl (C=O) groups is 2. The number of nitrogens with zero attached hydrogens (tertiary/aromatic N) is 3. The maximum absolute atomic E-state index is 13.0. The molecule has 0 radical (unpaired) electrons. The largest absolute Gasteiger partial charge is 0.364 e. The van der Waals surface area contributed by atoms with Crippen molar-refractivity contribution in [3.8, 4) is 0 Å². The molecule has 0 spiro atoms. The molecule has 0 aliphatic carbocycles. The van der Waals surface area contributed by atoms with E-state index in [0.29, 0.717) is 24.5 Å². The summed E-state index contributed by atoms with van der Waals surface area (Å²) in [4.78, 5) is 32.0. The van der Waals surface area contributed by atoms with Crippen molar-refractivity contribution in [2.24, 2.45) is 0 Å². The number of benzene rings is 1. The van der Waals surface area contributed by atoms with E-state index in [0.717, 1.165) is 12.0 Å². The molecule has 0 bridgehead atoms. The van der Waals surface area contributed by atoms with E-state index in [2.05, 4.69) is 10.3 Å². The number of hydrogen-bond donors (Lipinski definition) is 1. The second kappa shape index (κ2) is 8.37. The Morgan fingerprint density at radius 2 is 1.96 bits per heavy atom. The summed E-state index contributed by atoms with van der Waals surface area (Å²) < 4.78 is 13.0. The van der Waals surface area contributed by atoms with Gasteiger partial charge in [-0.1, -0.05) is 12.1 Å². The van der Waals surface area contributed by atoms with E-state index in [1.807, 2.05) is 6.92 Å². The van der Waals surface area contributed by atoms with Crippen LogP contribution in [0, 0.1) is 5.82 Å². The van der Waals surface area contributed by atoms with Crippen LogP contribution in [-0.2, 0) is 4.79 Å². The molecule has 0 unspecified atom stereocenters.